The zero-order valence-corrected chi connectivity index (χ0v) is 8.88. The van der Waals surface area contributed by atoms with Crippen LogP contribution in [0.25, 0.3) is 0 Å². The number of rotatable bonds is 2. The molecule has 0 bridgehead atoms. The molecular formula is C10H18N2O2. The molecule has 0 aromatic heterocycles. The number of hydrogen-bond donors (Lipinski definition) is 1. The molecule has 4 nitrogen and oxygen atoms in total. The quantitative estimate of drug-likeness (QED) is 0.697. The Hall–Kier alpha value is -1.06. The van der Waals surface area contributed by atoms with Crippen LogP contribution in [0.2, 0.25) is 0 Å². The van der Waals surface area contributed by atoms with Crippen LogP contribution in [0.1, 0.15) is 26.7 Å². The second-order valence-corrected chi connectivity index (χ2v) is 4.08. The number of nitrogens with zero attached hydrogens (tertiary/aromatic N) is 1. The Morgan fingerprint density at radius 1 is 1.50 bits per heavy atom. The molecule has 1 aliphatic rings. The molecule has 1 saturated heterocycles. The van der Waals surface area contributed by atoms with E-state index in [0.29, 0.717) is 38.4 Å². The highest BCUT2D eigenvalue weighted by atomic mass is 16.2. The van der Waals surface area contributed by atoms with Gasteiger partial charge in [0, 0.05) is 32.5 Å². The third-order valence-electron chi connectivity index (χ3n) is 2.25. The lowest BCUT2D eigenvalue weighted by molar-refractivity contribution is -0.131. The summed E-state index contributed by atoms with van der Waals surface area (Å²) in [7, 11) is 0. The van der Waals surface area contributed by atoms with Crippen molar-refractivity contribution in [2.45, 2.75) is 26.7 Å². The monoisotopic (exact) mass is 198 g/mol. The lowest BCUT2D eigenvalue weighted by atomic mass is 10.1. The van der Waals surface area contributed by atoms with E-state index in [9.17, 15) is 9.59 Å². The van der Waals surface area contributed by atoms with Crippen LogP contribution in [0, 0.1) is 5.92 Å². The van der Waals surface area contributed by atoms with E-state index in [-0.39, 0.29) is 11.8 Å². The Morgan fingerprint density at radius 3 is 2.86 bits per heavy atom. The molecule has 1 heterocycles. The zero-order valence-electron chi connectivity index (χ0n) is 8.88. The van der Waals surface area contributed by atoms with Crippen molar-refractivity contribution >= 4 is 11.8 Å². The summed E-state index contributed by atoms with van der Waals surface area (Å²) in [5, 5.41) is 2.75. The van der Waals surface area contributed by atoms with Crippen molar-refractivity contribution < 1.29 is 9.59 Å². The fourth-order valence-electron chi connectivity index (χ4n) is 1.49. The van der Waals surface area contributed by atoms with E-state index in [1.807, 2.05) is 13.8 Å². The van der Waals surface area contributed by atoms with E-state index in [1.165, 1.54) is 0 Å². The minimum Gasteiger partial charge on any atom is -0.354 e. The Bertz CT molecular complexity index is 226. The van der Waals surface area contributed by atoms with Crippen LogP contribution in [0.3, 0.4) is 0 Å². The molecule has 1 N–H and O–H groups in total. The van der Waals surface area contributed by atoms with E-state index in [1.54, 1.807) is 4.90 Å². The van der Waals surface area contributed by atoms with Crippen molar-refractivity contribution in [1.82, 2.24) is 10.2 Å². The fraction of sp³-hybridized carbons (Fsp3) is 0.800. The predicted molar refractivity (Wildman–Crippen MR) is 53.7 cm³/mol. The molecule has 0 atom stereocenters. The van der Waals surface area contributed by atoms with Crippen LogP contribution in [-0.2, 0) is 9.59 Å². The second-order valence-electron chi connectivity index (χ2n) is 4.08. The Kier molecular flexibility index (Phi) is 3.92. The highest BCUT2D eigenvalue weighted by Crippen LogP contribution is 2.05. The largest absolute Gasteiger partial charge is 0.354 e. The lowest BCUT2D eigenvalue weighted by Gasteiger charge is -2.20. The van der Waals surface area contributed by atoms with Gasteiger partial charge in [-0.1, -0.05) is 13.8 Å². The van der Waals surface area contributed by atoms with Gasteiger partial charge in [-0.15, -0.1) is 0 Å². The number of hydrogen-bond acceptors (Lipinski definition) is 2. The summed E-state index contributed by atoms with van der Waals surface area (Å²) in [4.78, 5) is 24.5. The smallest absolute Gasteiger partial charge is 0.222 e. The summed E-state index contributed by atoms with van der Waals surface area (Å²) in [6.45, 7) is 5.86. The molecule has 0 aromatic rings. The molecule has 1 fully saturated rings. The minimum absolute atomic E-state index is 0.0462. The first-order valence-corrected chi connectivity index (χ1v) is 5.14. The Balaban J connectivity index is 2.43. The first kappa shape index (κ1) is 11.0. The van der Waals surface area contributed by atoms with Gasteiger partial charge in [-0.05, 0) is 5.92 Å². The maximum Gasteiger partial charge on any atom is 0.222 e. The summed E-state index contributed by atoms with van der Waals surface area (Å²) in [5.74, 6) is 0.593. The number of nitrogens with one attached hydrogen (secondary N) is 1. The van der Waals surface area contributed by atoms with Crippen molar-refractivity contribution in [3.05, 3.63) is 0 Å². The van der Waals surface area contributed by atoms with E-state index in [4.69, 9.17) is 0 Å². The minimum atomic E-state index is 0.0462. The topological polar surface area (TPSA) is 49.4 Å². The first-order valence-electron chi connectivity index (χ1n) is 5.14. The SMILES string of the molecule is CC(C)CC(=O)N1CCNC(=O)CC1. The van der Waals surface area contributed by atoms with E-state index in [2.05, 4.69) is 5.32 Å². The summed E-state index contributed by atoms with van der Waals surface area (Å²) < 4.78 is 0. The van der Waals surface area contributed by atoms with Crippen molar-refractivity contribution in [3.63, 3.8) is 0 Å². The second kappa shape index (κ2) is 4.98. The van der Waals surface area contributed by atoms with Gasteiger partial charge >= 0.3 is 0 Å². The molecule has 0 unspecified atom stereocenters. The Labute approximate surface area is 84.7 Å². The molecule has 2 amide bonds. The van der Waals surface area contributed by atoms with Gasteiger partial charge in [-0.2, -0.15) is 0 Å². The van der Waals surface area contributed by atoms with E-state index in [0.717, 1.165) is 0 Å². The Morgan fingerprint density at radius 2 is 2.21 bits per heavy atom. The van der Waals surface area contributed by atoms with Gasteiger partial charge in [0.05, 0.1) is 0 Å². The summed E-state index contributed by atoms with van der Waals surface area (Å²) in [6, 6.07) is 0. The molecule has 0 aromatic carbocycles. The highest BCUT2D eigenvalue weighted by Gasteiger charge is 2.18. The normalized spacial score (nSPS) is 17.9. The van der Waals surface area contributed by atoms with Crippen LogP contribution in [0.5, 0.6) is 0 Å². The summed E-state index contributed by atoms with van der Waals surface area (Å²) >= 11 is 0. The van der Waals surface area contributed by atoms with Crippen LogP contribution in [0.4, 0.5) is 0 Å². The third-order valence-corrected chi connectivity index (χ3v) is 2.25. The average Bonchev–Trinajstić information content (AvgIpc) is 2.28. The highest BCUT2D eigenvalue weighted by molar-refractivity contribution is 5.80. The molecule has 1 rings (SSSR count). The molecule has 80 valence electrons. The van der Waals surface area contributed by atoms with Gasteiger partial charge in [0.1, 0.15) is 0 Å². The third kappa shape index (κ3) is 3.36. The molecular weight excluding hydrogens is 180 g/mol. The molecule has 4 heteroatoms. The standard InChI is InChI=1S/C10H18N2O2/c1-8(2)7-10(14)12-5-3-9(13)11-4-6-12/h8H,3-7H2,1-2H3,(H,11,13). The maximum atomic E-state index is 11.7. The molecule has 0 spiro atoms. The van der Waals surface area contributed by atoms with Gasteiger partial charge in [-0.25, -0.2) is 0 Å². The van der Waals surface area contributed by atoms with E-state index >= 15 is 0 Å². The maximum absolute atomic E-state index is 11.7. The van der Waals surface area contributed by atoms with Gasteiger partial charge in [0.25, 0.3) is 0 Å². The lowest BCUT2D eigenvalue weighted by Crippen LogP contribution is -2.34. The molecule has 0 saturated carbocycles. The number of carbonyl (C=O) groups is 2. The van der Waals surface area contributed by atoms with Crippen LogP contribution in [0.15, 0.2) is 0 Å². The average molecular weight is 198 g/mol. The van der Waals surface area contributed by atoms with Crippen LogP contribution >= 0.6 is 0 Å². The van der Waals surface area contributed by atoms with Gasteiger partial charge in [0.2, 0.25) is 11.8 Å². The van der Waals surface area contributed by atoms with Crippen molar-refractivity contribution in [2.24, 2.45) is 5.92 Å². The van der Waals surface area contributed by atoms with Crippen LogP contribution < -0.4 is 5.32 Å². The molecule has 1 aliphatic heterocycles. The number of carbonyl (C=O) groups excluding carboxylic acids is 2. The van der Waals surface area contributed by atoms with Crippen molar-refractivity contribution in [3.8, 4) is 0 Å². The summed E-state index contributed by atoms with van der Waals surface area (Å²) in [6.07, 6.45) is 1.01. The van der Waals surface area contributed by atoms with E-state index < -0.39 is 0 Å². The van der Waals surface area contributed by atoms with Crippen molar-refractivity contribution in [1.29, 1.82) is 0 Å². The molecule has 0 aliphatic carbocycles. The molecule has 0 radical (unpaired) electrons. The van der Waals surface area contributed by atoms with Gasteiger partial charge in [0.15, 0.2) is 0 Å². The summed E-state index contributed by atoms with van der Waals surface area (Å²) in [5.41, 5.74) is 0. The van der Waals surface area contributed by atoms with Gasteiger partial charge in [-0.3, -0.25) is 9.59 Å². The van der Waals surface area contributed by atoms with Gasteiger partial charge < -0.3 is 10.2 Å². The molecule has 14 heavy (non-hydrogen) atoms. The zero-order chi connectivity index (χ0) is 10.6. The number of amides is 2. The first-order chi connectivity index (χ1) is 6.59. The van der Waals surface area contributed by atoms with Crippen LogP contribution in [-0.4, -0.2) is 36.3 Å². The van der Waals surface area contributed by atoms with Crippen molar-refractivity contribution in [2.75, 3.05) is 19.6 Å². The fourth-order valence-corrected chi connectivity index (χ4v) is 1.49. The predicted octanol–water partition coefficient (Wildman–Crippen LogP) is 0.381.